The van der Waals surface area contributed by atoms with E-state index in [1.165, 1.54) is 21.7 Å². The highest BCUT2D eigenvalue weighted by molar-refractivity contribution is 5.76. The van der Waals surface area contributed by atoms with Gasteiger partial charge in [-0.2, -0.15) is 0 Å². The van der Waals surface area contributed by atoms with Crippen LogP contribution in [0.25, 0.3) is 16.8 Å². The van der Waals surface area contributed by atoms with Crippen LogP contribution in [0.15, 0.2) is 77.9 Å². The molecule has 0 amide bonds. The van der Waals surface area contributed by atoms with Gasteiger partial charge >= 0.3 is 0 Å². The zero-order valence-corrected chi connectivity index (χ0v) is 13.3. The highest BCUT2D eigenvalue weighted by Crippen LogP contribution is 2.28. The van der Waals surface area contributed by atoms with Crippen molar-refractivity contribution in [2.45, 2.75) is 12.8 Å². The Kier molecular flexibility index (Phi) is 3.50. The molecule has 0 radical (unpaired) electrons. The van der Waals surface area contributed by atoms with Gasteiger partial charge in [-0.05, 0) is 16.7 Å². The summed E-state index contributed by atoms with van der Waals surface area (Å²) in [6.07, 6.45) is 3.36. The molecule has 24 heavy (non-hydrogen) atoms. The van der Waals surface area contributed by atoms with E-state index in [4.69, 9.17) is 0 Å². The van der Waals surface area contributed by atoms with Crippen LogP contribution in [-0.2, 0) is 0 Å². The second-order valence-electron chi connectivity index (χ2n) is 5.88. The van der Waals surface area contributed by atoms with Crippen molar-refractivity contribution in [2.75, 3.05) is 0 Å². The van der Waals surface area contributed by atoms with Gasteiger partial charge in [0.25, 0.3) is 5.56 Å². The first-order valence-corrected chi connectivity index (χ1v) is 7.94. The standard InChI is InChI=1S/C20H17N3O/c1-14(15-5-3-2-4-6-15)16-7-9-17(10-8-16)18-13-22-23-19(24)11-12-21-20(18)23/h2-14,22H,1H3. The first-order valence-electron chi connectivity index (χ1n) is 7.94. The third kappa shape index (κ3) is 2.42. The summed E-state index contributed by atoms with van der Waals surface area (Å²) in [6, 6.07) is 20.3. The van der Waals surface area contributed by atoms with Gasteiger partial charge in [0, 0.05) is 29.9 Å². The van der Waals surface area contributed by atoms with Gasteiger partial charge in [0.15, 0.2) is 5.65 Å². The molecule has 118 valence electrons. The first kappa shape index (κ1) is 14.5. The van der Waals surface area contributed by atoms with Gasteiger partial charge in [-0.15, -0.1) is 0 Å². The normalized spacial score (nSPS) is 12.4. The summed E-state index contributed by atoms with van der Waals surface area (Å²) in [5.74, 6) is 0.337. The van der Waals surface area contributed by atoms with Crippen LogP contribution in [0.5, 0.6) is 0 Å². The van der Waals surface area contributed by atoms with E-state index in [-0.39, 0.29) is 5.56 Å². The summed E-state index contributed by atoms with van der Waals surface area (Å²) in [7, 11) is 0. The number of aromatic nitrogens is 3. The Bertz CT molecular complexity index is 1030. The molecule has 0 aliphatic carbocycles. The Hall–Kier alpha value is -3.14. The Morgan fingerprint density at radius 2 is 1.67 bits per heavy atom. The zero-order chi connectivity index (χ0) is 16.5. The predicted molar refractivity (Wildman–Crippen MR) is 95.2 cm³/mol. The van der Waals surface area contributed by atoms with E-state index >= 15 is 0 Å². The van der Waals surface area contributed by atoms with Crippen LogP contribution in [0.2, 0.25) is 0 Å². The van der Waals surface area contributed by atoms with Gasteiger partial charge in [-0.1, -0.05) is 61.5 Å². The smallest absolute Gasteiger partial charge is 0.272 e. The number of fused-ring (bicyclic) bond motifs is 1. The molecule has 2 aromatic heterocycles. The number of nitrogens with one attached hydrogen (secondary N) is 1. The summed E-state index contributed by atoms with van der Waals surface area (Å²) in [5.41, 5.74) is 5.05. The van der Waals surface area contributed by atoms with Gasteiger partial charge in [-0.25, -0.2) is 9.50 Å². The summed E-state index contributed by atoms with van der Waals surface area (Å²) in [5, 5.41) is 2.96. The maximum Gasteiger partial charge on any atom is 0.272 e. The fraction of sp³-hybridized carbons (Fsp3) is 0.100. The molecule has 1 N–H and O–H groups in total. The molecule has 4 heteroatoms. The molecular formula is C20H17N3O. The minimum atomic E-state index is -0.111. The average molecular weight is 315 g/mol. The molecule has 2 heterocycles. The van der Waals surface area contributed by atoms with Gasteiger partial charge in [0.05, 0.1) is 0 Å². The summed E-state index contributed by atoms with van der Waals surface area (Å²) in [6.45, 7) is 2.21. The number of nitrogens with zero attached hydrogens (tertiary/aromatic N) is 2. The number of rotatable bonds is 3. The van der Waals surface area contributed by atoms with E-state index in [2.05, 4.69) is 65.5 Å². The monoisotopic (exact) mass is 315 g/mol. The second kappa shape index (κ2) is 5.81. The van der Waals surface area contributed by atoms with Crippen molar-refractivity contribution in [1.29, 1.82) is 0 Å². The maximum absolute atomic E-state index is 11.8. The van der Waals surface area contributed by atoms with Crippen molar-refractivity contribution in [1.82, 2.24) is 14.6 Å². The SMILES string of the molecule is CC(c1ccccc1)c1ccc(-c2c[nH]n3c(=O)ccnc23)cc1. The van der Waals surface area contributed by atoms with Crippen LogP contribution >= 0.6 is 0 Å². The van der Waals surface area contributed by atoms with Gasteiger partial charge in [0.1, 0.15) is 0 Å². The number of H-pyrrole nitrogens is 1. The lowest BCUT2D eigenvalue weighted by molar-refractivity contribution is 0.899. The van der Waals surface area contributed by atoms with E-state index in [0.29, 0.717) is 11.6 Å². The van der Waals surface area contributed by atoms with Crippen molar-refractivity contribution in [3.8, 4) is 11.1 Å². The molecule has 4 rings (SSSR count). The van der Waals surface area contributed by atoms with Crippen LogP contribution in [0, 0.1) is 0 Å². The molecule has 0 spiro atoms. The first-order chi connectivity index (χ1) is 11.7. The molecule has 0 bridgehead atoms. The van der Waals surface area contributed by atoms with Crippen LogP contribution < -0.4 is 5.56 Å². The molecule has 0 aliphatic rings. The number of aromatic amines is 1. The highest BCUT2D eigenvalue weighted by Gasteiger charge is 2.11. The molecule has 0 saturated heterocycles. The van der Waals surface area contributed by atoms with Crippen LogP contribution in [-0.4, -0.2) is 14.6 Å². The summed E-state index contributed by atoms with van der Waals surface area (Å²) >= 11 is 0. The van der Waals surface area contributed by atoms with Crippen LogP contribution in [0.3, 0.4) is 0 Å². The summed E-state index contributed by atoms with van der Waals surface area (Å²) < 4.78 is 1.45. The molecule has 1 atom stereocenters. The van der Waals surface area contributed by atoms with E-state index in [1.807, 2.05) is 12.3 Å². The third-order valence-corrected chi connectivity index (χ3v) is 4.45. The van der Waals surface area contributed by atoms with Crippen LogP contribution in [0.1, 0.15) is 24.0 Å². The molecule has 1 unspecified atom stereocenters. The largest absolute Gasteiger partial charge is 0.296 e. The van der Waals surface area contributed by atoms with E-state index in [0.717, 1.165) is 11.1 Å². The van der Waals surface area contributed by atoms with E-state index in [9.17, 15) is 4.79 Å². The molecule has 0 saturated carbocycles. The number of benzene rings is 2. The van der Waals surface area contributed by atoms with Gasteiger partial charge in [0.2, 0.25) is 0 Å². The summed E-state index contributed by atoms with van der Waals surface area (Å²) in [4.78, 5) is 16.1. The highest BCUT2D eigenvalue weighted by atomic mass is 16.1. The molecule has 0 fully saturated rings. The average Bonchev–Trinajstić information content (AvgIpc) is 3.07. The van der Waals surface area contributed by atoms with E-state index < -0.39 is 0 Å². The molecule has 2 aromatic carbocycles. The Morgan fingerprint density at radius 3 is 2.42 bits per heavy atom. The second-order valence-corrected chi connectivity index (χ2v) is 5.88. The molecule has 4 aromatic rings. The predicted octanol–water partition coefficient (Wildman–Crippen LogP) is 3.84. The fourth-order valence-corrected chi connectivity index (χ4v) is 3.01. The van der Waals surface area contributed by atoms with Crippen molar-refractivity contribution in [3.05, 3.63) is 94.5 Å². The maximum atomic E-state index is 11.8. The van der Waals surface area contributed by atoms with E-state index in [1.54, 1.807) is 6.20 Å². The van der Waals surface area contributed by atoms with Crippen LogP contribution in [0.4, 0.5) is 0 Å². The fourth-order valence-electron chi connectivity index (χ4n) is 3.01. The Morgan fingerprint density at radius 1 is 0.958 bits per heavy atom. The molecule has 0 aliphatic heterocycles. The number of hydrogen-bond acceptors (Lipinski definition) is 2. The van der Waals surface area contributed by atoms with Gasteiger partial charge < -0.3 is 0 Å². The Balaban J connectivity index is 1.71. The van der Waals surface area contributed by atoms with Crippen molar-refractivity contribution in [3.63, 3.8) is 0 Å². The topological polar surface area (TPSA) is 50.2 Å². The lowest BCUT2D eigenvalue weighted by Crippen LogP contribution is -2.12. The van der Waals surface area contributed by atoms with Gasteiger partial charge in [-0.3, -0.25) is 9.89 Å². The van der Waals surface area contributed by atoms with Crippen molar-refractivity contribution < 1.29 is 0 Å². The lowest BCUT2D eigenvalue weighted by atomic mass is 9.92. The molecule has 4 nitrogen and oxygen atoms in total. The van der Waals surface area contributed by atoms with Crippen molar-refractivity contribution in [2.24, 2.45) is 0 Å². The zero-order valence-electron chi connectivity index (χ0n) is 13.3. The van der Waals surface area contributed by atoms with Crippen molar-refractivity contribution >= 4 is 5.65 Å². The minimum absolute atomic E-state index is 0.111. The minimum Gasteiger partial charge on any atom is -0.296 e. The lowest BCUT2D eigenvalue weighted by Gasteiger charge is -2.12. The molecular weight excluding hydrogens is 298 g/mol. The quantitative estimate of drug-likeness (QED) is 0.624. The number of hydrogen-bond donors (Lipinski definition) is 1. The Labute approximate surface area is 139 Å². The third-order valence-electron chi connectivity index (χ3n) is 4.45.